The van der Waals surface area contributed by atoms with Gasteiger partial charge in [0.2, 0.25) is 0 Å². The molecule has 4 N–H and O–H groups in total. The lowest BCUT2D eigenvalue weighted by molar-refractivity contribution is 0.359. The number of H-pyrrole nitrogens is 2. The minimum atomic E-state index is -0.148. The summed E-state index contributed by atoms with van der Waals surface area (Å²) in [5.41, 5.74) is 4.38. The summed E-state index contributed by atoms with van der Waals surface area (Å²) in [4.78, 5) is 19.2. The summed E-state index contributed by atoms with van der Waals surface area (Å²) in [5.74, 6) is 2.18. The summed E-state index contributed by atoms with van der Waals surface area (Å²) >= 11 is 1.51. The first-order valence-corrected chi connectivity index (χ1v) is 16.1. The fraction of sp³-hybridized carbons (Fsp3) is 0.452. The number of fused-ring (bicyclic) bond motifs is 1. The van der Waals surface area contributed by atoms with Gasteiger partial charge in [0, 0.05) is 36.0 Å². The Bertz CT molecular complexity index is 1730. The third-order valence-corrected chi connectivity index (χ3v) is 9.20. The van der Waals surface area contributed by atoms with E-state index in [1.165, 1.54) is 42.7 Å². The van der Waals surface area contributed by atoms with E-state index in [1.807, 2.05) is 41.8 Å². The van der Waals surface area contributed by atoms with Crippen LogP contribution < -0.4 is 16.2 Å². The quantitative estimate of drug-likeness (QED) is 0.0771. The third kappa shape index (κ3) is 7.16. The first kappa shape index (κ1) is 29.9. The lowest BCUT2D eigenvalue weighted by Crippen LogP contribution is -2.36. The first-order chi connectivity index (χ1) is 21.3. The molecule has 1 aliphatic rings. The number of hydrogen-bond acceptors (Lipinski definition) is 10. The summed E-state index contributed by atoms with van der Waals surface area (Å²) < 4.78 is 1.86. The summed E-state index contributed by atoms with van der Waals surface area (Å²) in [6.07, 6.45) is 7.14. The Morgan fingerprint density at radius 1 is 1.14 bits per heavy atom. The van der Waals surface area contributed by atoms with Crippen molar-refractivity contribution in [1.82, 2.24) is 50.5 Å². The monoisotopic (exact) mass is 613 g/mol. The van der Waals surface area contributed by atoms with Crippen LogP contribution in [0.5, 0.6) is 0 Å². The molecule has 1 aromatic carbocycles. The van der Waals surface area contributed by atoms with Gasteiger partial charge in [0.05, 0.1) is 17.1 Å². The van der Waals surface area contributed by atoms with Crippen molar-refractivity contribution in [2.75, 3.05) is 25.0 Å². The van der Waals surface area contributed by atoms with Crippen LogP contribution in [0.2, 0.25) is 0 Å². The summed E-state index contributed by atoms with van der Waals surface area (Å²) in [5, 5.41) is 32.9. The molecule has 230 valence electrons. The van der Waals surface area contributed by atoms with Crippen molar-refractivity contribution in [3.05, 3.63) is 76.0 Å². The molecule has 0 saturated heterocycles. The maximum atomic E-state index is 11.9. The van der Waals surface area contributed by atoms with Crippen molar-refractivity contribution in [3.8, 4) is 11.4 Å². The van der Waals surface area contributed by atoms with Crippen molar-refractivity contribution in [2.45, 2.75) is 69.2 Å². The van der Waals surface area contributed by atoms with E-state index in [4.69, 9.17) is 5.10 Å². The Morgan fingerprint density at radius 2 is 1.98 bits per heavy atom. The lowest BCUT2D eigenvalue weighted by atomic mass is 9.80. The number of nitrogens with one attached hydrogen (secondary N) is 4. The minimum Gasteiger partial charge on any atom is -0.368 e. The van der Waals surface area contributed by atoms with Crippen LogP contribution in [0.3, 0.4) is 0 Å². The molecule has 0 bridgehead atoms. The Hall–Kier alpha value is -4.10. The average Bonchev–Trinajstić information content (AvgIpc) is 3.65. The molecule has 4 heterocycles. The van der Waals surface area contributed by atoms with E-state index in [0.29, 0.717) is 16.8 Å². The molecule has 0 amide bonds. The second-order valence-electron chi connectivity index (χ2n) is 12.3. The number of thioether (sulfide) groups is 1. The van der Waals surface area contributed by atoms with Crippen molar-refractivity contribution >= 4 is 23.2 Å². The highest BCUT2D eigenvalue weighted by Gasteiger charge is 2.27. The van der Waals surface area contributed by atoms with E-state index in [2.05, 4.69) is 66.1 Å². The Kier molecular flexibility index (Phi) is 9.03. The summed E-state index contributed by atoms with van der Waals surface area (Å²) in [7, 11) is 0. The average molecular weight is 614 g/mol. The van der Waals surface area contributed by atoms with Gasteiger partial charge in [0.15, 0.2) is 22.4 Å². The number of aromatic amines is 2. The fourth-order valence-electron chi connectivity index (χ4n) is 5.38. The van der Waals surface area contributed by atoms with Gasteiger partial charge < -0.3 is 15.6 Å². The molecular formula is C31H39N11OS. The SMILES string of the molecule is Cc1cc(=O)[nH]c(SC(CCCNCC(C)(C)CNc2nn3c(-c4ccccc4)nnc3cc2C2CCC2)c2cn[nH]n2)n1. The zero-order valence-electron chi connectivity index (χ0n) is 25.4. The molecule has 0 spiro atoms. The predicted molar refractivity (Wildman–Crippen MR) is 172 cm³/mol. The number of aryl methyl sites for hydroxylation is 1. The van der Waals surface area contributed by atoms with E-state index < -0.39 is 0 Å². The number of aromatic nitrogens is 9. The van der Waals surface area contributed by atoms with Gasteiger partial charge in [-0.05, 0) is 56.6 Å². The van der Waals surface area contributed by atoms with E-state index in [9.17, 15) is 4.79 Å². The first-order valence-electron chi connectivity index (χ1n) is 15.2. The molecular weight excluding hydrogens is 574 g/mol. The second kappa shape index (κ2) is 13.3. The van der Waals surface area contributed by atoms with Crippen LogP contribution in [0.1, 0.15) is 74.1 Å². The molecule has 12 nitrogen and oxygen atoms in total. The van der Waals surface area contributed by atoms with E-state index in [-0.39, 0.29) is 16.2 Å². The molecule has 1 aliphatic carbocycles. The Morgan fingerprint density at radius 3 is 2.70 bits per heavy atom. The van der Waals surface area contributed by atoms with Gasteiger partial charge in [-0.3, -0.25) is 4.79 Å². The fourth-order valence-corrected chi connectivity index (χ4v) is 6.52. The van der Waals surface area contributed by atoms with Gasteiger partial charge in [-0.25, -0.2) is 4.98 Å². The molecule has 5 aromatic rings. The standard InChI is InChI=1S/C31H39N11OS/c1-20-15-27(43)36-30(35-20)44-25(24-17-34-41-37-24)13-8-14-32-18-31(2,3)19-33-28-23(21-11-7-12-21)16-26-38-39-29(42(26)40-28)22-9-5-4-6-10-22/h4-6,9-10,15-17,21,25,32H,7-8,11-14,18-19H2,1-3H3,(H,33,40)(H,34,37,41)(H,35,36,43). The lowest BCUT2D eigenvalue weighted by Gasteiger charge is -2.30. The van der Waals surface area contributed by atoms with Crippen LogP contribution in [0, 0.1) is 12.3 Å². The van der Waals surface area contributed by atoms with Crippen LogP contribution in [-0.2, 0) is 0 Å². The van der Waals surface area contributed by atoms with E-state index >= 15 is 0 Å². The number of hydrogen-bond donors (Lipinski definition) is 4. The summed E-state index contributed by atoms with van der Waals surface area (Å²) in [6, 6.07) is 13.7. The maximum Gasteiger partial charge on any atom is 0.251 e. The maximum absolute atomic E-state index is 11.9. The van der Waals surface area contributed by atoms with Crippen LogP contribution in [0.4, 0.5) is 5.82 Å². The molecule has 4 aromatic heterocycles. The van der Waals surface area contributed by atoms with Crippen LogP contribution in [0.15, 0.2) is 58.6 Å². The van der Waals surface area contributed by atoms with Crippen molar-refractivity contribution in [1.29, 1.82) is 0 Å². The number of benzene rings is 1. The van der Waals surface area contributed by atoms with Gasteiger partial charge in [0.1, 0.15) is 0 Å². The highest BCUT2D eigenvalue weighted by atomic mass is 32.2. The van der Waals surface area contributed by atoms with Crippen molar-refractivity contribution < 1.29 is 0 Å². The van der Waals surface area contributed by atoms with Crippen molar-refractivity contribution in [2.24, 2.45) is 5.41 Å². The van der Waals surface area contributed by atoms with Gasteiger partial charge >= 0.3 is 0 Å². The molecule has 6 rings (SSSR count). The van der Waals surface area contributed by atoms with E-state index in [1.54, 1.807) is 6.20 Å². The molecule has 1 fully saturated rings. The van der Waals surface area contributed by atoms with Gasteiger partial charge in [-0.2, -0.15) is 19.9 Å². The predicted octanol–water partition coefficient (Wildman–Crippen LogP) is 4.91. The van der Waals surface area contributed by atoms with Crippen molar-refractivity contribution in [3.63, 3.8) is 0 Å². The topological polar surface area (TPSA) is 154 Å². The smallest absolute Gasteiger partial charge is 0.251 e. The highest BCUT2D eigenvalue weighted by molar-refractivity contribution is 7.99. The Labute approximate surface area is 260 Å². The summed E-state index contributed by atoms with van der Waals surface area (Å²) in [6.45, 7) is 8.81. The highest BCUT2D eigenvalue weighted by Crippen LogP contribution is 2.40. The van der Waals surface area contributed by atoms with Gasteiger partial charge in [-0.1, -0.05) is 62.4 Å². The molecule has 1 atom stereocenters. The number of rotatable bonds is 14. The molecule has 44 heavy (non-hydrogen) atoms. The molecule has 0 aliphatic heterocycles. The van der Waals surface area contributed by atoms with Crippen LogP contribution in [-0.4, -0.2) is 64.8 Å². The zero-order chi connectivity index (χ0) is 30.5. The molecule has 1 saturated carbocycles. The van der Waals surface area contributed by atoms with Crippen LogP contribution >= 0.6 is 11.8 Å². The number of anilines is 1. The minimum absolute atomic E-state index is 0.0196. The van der Waals surface area contributed by atoms with Crippen LogP contribution in [0.25, 0.3) is 17.0 Å². The van der Waals surface area contributed by atoms with Gasteiger partial charge in [-0.15, -0.1) is 15.3 Å². The Balaban J connectivity index is 1.06. The van der Waals surface area contributed by atoms with Gasteiger partial charge in [0.25, 0.3) is 5.56 Å². The third-order valence-electron chi connectivity index (χ3n) is 8.02. The molecule has 1 unspecified atom stereocenters. The largest absolute Gasteiger partial charge is 0.368 e. The molecule has 0 radical (unpaired) electrons. The second-order valence-corrected chi connectivity index (χ2v) is 13.5. The zero-order valence-corrected chi connectivity index (χ0v) is 26.2. The number of nitrogens with zero attached hydrogens (tertiary/aromatic N) is 7. The van der Waals surface area contributed by atoms with E-state index in [0.717, 1.165) is 61.0 Å². The molecule has 13 heteroatoms. The normalized spacial score (nSPS) is 14.5.